The van der Waals surface area contributed by atoms with Crippen molar-refractivity contribution in [1.29, 1.82) is 0 Å². The van der Waals surface area contributed by atoms with Crippen LogP contribution in [-0.4, -0.2) is 80.2 Å². The maximum absolute atomic E-state index is 13.4. The molecule has 0 aromatic heterocycles. The largest absolute Gasteiger partial charge is 0.480 e. The standard InChI is InChI=1S/C32H46N2O6S.C3H8/c1-5-27(31(35)33-30(32(36)37)17-19-41(4,38)39)29(28-16-10-9-12-24(28)3)20-23(2)21-34-18-11-13-25(34)22-40-26-14-7-6-8-15-26;1-3-2/h5,9-10,12,16,20,25-26,30H,1,6-8,11,13-15,17-19,21-22H2,2-4H3,(H,33,35)(H,36,37);3H2,1-2H3/b23-20+,29-27-;. The average molecular weight is 631 g/mol. The third kappa shape index (κ3) is 12.7. The number of carboxylic acid groups (broad SMARTS) is 1. The summed E-state index contributed by atoms with van der Waals surface area (Å²) in [5.41, 5.74) is 3.76. The van der Waals surface area contributed by atoms with Crippen LogP contribution in [0.1, 0.15) is 89.7 Å². The summed E-state index contributed by atoms with van der Waals surface area (Å²) in [5, 5.41) is 12.2. The Bertz CT molecular complexity index is 1260. The van der Waals surface area contributed by atoms with Crippen LogP contribution < -0.4 is 5.32 Å². The van der Waals surface area contributed by atoms with Crippen molar-refractivity contribution in [2.24, 2.45) is 0 Å². The number of nitrogens with one attached hydrogen (secondary N) is 1. The molecule has 1 aromatic rings. The Balaban J connectivity index is 0.00000216. The monoisotopic (exact) mass is 630 g/mol. The van der Waals surface area contributed by atoms with E-state index in [-0.39, 0.29) is 17.7 Å². The van der Waals surface area contributed by atoms with Crippen LogP contribution in [0.3, 0.4) is 0 Å². The van der Waals surface area contributed by atoms with Crippen molar-refractivity contribution in [2.75, 3.05) is 31.7 Å². The third-order valence-corrected chi connectivity index (χ3v) is 8.95. The number of carbonyl (C=O) groups excluding carboxylic acids is 1. The fourth-order valence-electron chi connectivity index (χ4n) is 5.71. The van der Waals surface area contributed by atoms with Crippen molar-refractivity contribution in [1.82, 2.24) is 10.2 Å². The Hall–Kier alpha value is -2.75. The predicted octanol–water partition coefficient (Wildman–Crippen LogP) is 6.12. The summed E-state index contributed by atoms with van der Waals surface area (Å²) >= 11 is 0. The molecule has 1 aliphatic carbocycles. The molecule has 3 rings (SSSR count). The van der Waals surface area contributed by atoms with Gasteiger partial charge in [-0.3, -0.25) is 9.69 Å². The summed E-state index contributed by atoms with van der Waals surface area (Å²) in [6.07, 6.45) is 14.2. The Kier molecular flexibility index (Phi) is 16.1. The number of allylic oxidation sites excluding steroid dienone is 2. The average Bonchev–Trinajstić information content (AvgIpc) is 3.41. The first-order chi connectivity index (χ1) is 20.9. The molecule has 1 saturated heterocycles. The highest BCUT2D eigenvalue weighted by Crippen LogP contribution is 2.28. The van der Waals surface area contributed by atoms with Gasteiger partial charge in [-0.15, -0.1) is 0 Å². The second-order valence-electron chi connectivity index (χ2n) is 12.2. The molecule has 2 fully saturated rings. The molecule has 0 spiro atoms. The molecular formula is C35H54N2O6S. The van der Waals surface area contributed by atoms with E-state index in [4.69, 9.17) is 4.74 Å². The Labute approximate surface area is 265 Å². The molecule has 8 nitrogen and oxygen atoms in total. The molecule has 44 heavy (non-hydrogen) atoms. The number of ether oxygens (including phenoxy) is 1. The smallest absolute Gasteiger partial charge is 0.326 e. The molecule has 1 aromatic carbocycles. The number of amides is 1. The zero-order chi connectivity index (χ0) is 32.7. The van der Waals surface area contributed by atoms with E-state index >= 15 is 0 Å². The topological polar surface area (TPSA) is 113 Å². The number of nitrogens with zero attached hydrogens (tertiary/aromatic N) is 1. The number of benzene rings is 1. The highest BCUT2D eigenvalue weighted by atomic mass is 32.2. The number of rotatable bonds is 14. The van der Waals surface area contributed by atoms with Crippen molar-refractivity contribution in [3.8, 4) is 0 Å². The number of aryl methyl sites for hydroxylation is 1. The quantitative estimate of drug-likeness (QED) is 0.188. The SMILES string of the molecule is C=C/C(C(=O)NC(CCS(C)(=O)=O)C(=O)O)=C(\C=C(/C)CN1CCCC1COC1CCCCC1)c1ccccc1C.CCC. The lowest BCUT2D eigenvalue weighted by Gasteiger charge is -2.28. The zero-order valence-electron chi connectivity index (χ0n) is 27.4. The van der Waals surface area contributed by atoms with Gasteiger partial charge >= 0.3 is 5.97 Å². The van der Waals surface area contributed by atoms with E-state index < -0.39 is 27.8 Å². The van der Waals surface area contributed by atoms with Crippen molar-refractivity contribution < 1.29 is 27.9 Å². The van der Waals surface area contributed by atoms with Gasteiger partial charge in [0.1, 0.15) is 15.9 Å². The molecule has 246 valence electrons. The zero-order valence-corrected chi connectivity index (χ0v) is 28.3. The first kappa shape index (κ1) is 37.4. The fraction of sp³-hybridized carbons (Fsp3) is 0.600. The van der Waals surface area contributed by atoms with Crippen molar-refractivity contribution in [3.05, 3.63) is 65.3 Å². The highest BCUT2D eigenvalue weighted by Gasteiger charge is 2.27. The van der Waals surface area contributed by atoms with Crippen LogP contribution in [0.5, 0.6) is 0 Å². The molecule has 2 aliphatic rings. The van der Waals surface area contributed by atoms with Gasteiger partial charge < -0.3 is 15.2 Å². The van der Waals surface area contributed by atoms with Crippen LogP contribution in [0.15, 0.2) is 54.1 Å². The van der Waals surface area contributed by atoms with Gasteiger partial charge in [0.05, 0.1) is 18.5 Å². The van der Waals surface area contributed by atoms with E-state index in [1.54, 1.807) is 0 Å². The normalized spacial score (nSPS) is 19.4. The first-order valence-corrected chi connectivity index (χ1v) is 18.1. The minimum absolute atomic E-state index is 0.224. The Morgan fingerprint density at radius 3 is 2.39 bits per heavy atom. The molecule has 1 aliphatic heterocycles. The molecular weight excluding hydrogens is 576 g/mol. The summed E-state index contributed by atoms with van der Waals surface area (Å²) < 4.78 is 29.6. The molecule has 1 heterocycles. The van der Waals surface area contributed by atoms with Crippen LogP contribution >= 0.6 is 0 Å². The minimum atomic E-state index is -3.39. The Morgan fingerprint density at radius 2 is 1.80 bits per heavy atom. The lowest BCUT2D eigenvalue weighted by molar-refractivity contribution is -0.141. The van der Waals surface area contributed by atoms with E-state index in [1.807, 2.05) is 44.2 Å². The van der Waals surface area contributed by atoms with Gasteiger partial charge in [0.15, 0.2) is 0 Å². The van der Waals surface area contributed by atoms with E-state index in [2.05, 4.69) is 30.6 Å². The summed E-state index contributed by atoms with van der Waals surface area (Å²) in [4.78, 5) is 27.7. The molecule has 1 amide bonds. The van der Waals surface area contributed by atoms with E-state index in [0.717, 1.165) is 68.3 Å². The van der Waals surface area contributed by atoms with Crippen molar-refractivity contribution in [3.63, 3.8) is 0 Å². The van der Waals surface area contributed by atoms with Gasteiger partial charge in [-0.25, -0.2) is 13.2 Å². The number of hydrogen-bond donors (Lipinski definition) is 2. The van der Waals surface area contributed by atoms with Crippen molar-refractivity contribution in [2.45, 2.75) is 104 Å². The number of carbonyl (C=O) groups is 2. The molecule has 2 unspecified atom stereocenters. The minimum Gasteiger partial charge on any atom is -0.480 e. The predicted molar refractivity (Wildman–Crippen MR) is 179 cm³/mol. The lowest BCUT2D eigenvalue weighted by atomic mass is 9.93. The lowest BCUT2D eigenvalue weighted by Crippen LogP contribution is -2.42. The van der Waals surface area contributed by atoms with Crippen LogP contribution in [0.4, 0.5) is 0 Å². The van der Waals surface area contributed by atoms with Gasteiger partial charge in [-0.1, -0.05) is 88.1 Å². The van der Waals surface area contributed by atoms with Crippen LogP contribution in [-0.2, 0) is 24.2 Å². The summed E-state index contributed by atoms with van der Waals surface area (Å²) in [6.45, 7) is 14.6. The van der Waals surface area contributed by atoms with E-state index in [0.29, 0.717) is 17.7 Å². The van der Waals surface area contributed by atoms with Crippen LogP contribution in [0.25, 0.3) is 5.57 Å². The molecule has 1 saturated carbocycles. The first-order valence-electron chi connectivity index (χ1n) is 16.1. The highest BCUT2D eigenvalue weighted by molar-refractivity contribution is 7.90. The second kappa shape index (κ2) is 18.9. The fourth-order valence-corrected chi connectivity index (χ4v) is 6.37. The number of hydrogen-bond acceptors (Lipinski definition) is 6. The van der Waals surface area contributed by atoms with Crippen LogP contribution in [0, 0.1) is 6.92 Å². The number of likely N-dealkylation sites (tertiary alicyclic amines) is 1. The summed E-state index contributed by atoms with van der Waals surface area (Å²) in [7, 11) is -3.39. The maximum atomic E-state index is 13.4. The van der Waals surface area contributed by atoms with Gasteiger partial charge in [0, 0.05) is 24.4 Å². The molecule has 0 radical (unpaired) electrons. The number of aliphatic carboxylic acids is 1. The molecule has 2 N–H and O–H groups in total. The number of carboxylic acids is 1. The second-order valence-corrected chi connectivity index (χ2v) is 14.4. The van der Waals surface area contributed by atoms with Gasteiger partial charge in [-0.05, 0) is 69.2 Å². The molecule has 2 atom stereocenters. The van der Waals surface area contributed by atoms with Gasteiger partial charge in [-0.2, -0.15) is 0 Å². The summed E-state index contributed by atoms with van der Waals surface area (Å²) in [5.74, 6) is -2.24. The number of sulfone groups is 1. The van der Waals surface area contributed by atoms with Gasteiger partial charge in [0.25, 0.3) is 5.91 Å². The maximum Gasteiger partial charge on any atom is 0.326 e. The third-order valence-electron chi connectivity index (χ3n) is 7.97. The Morgan fingerprint density at radius 1 is 1.14 bits per heavy atom. The van der Waals surface area contributed by atoms with E-state index in [1.165, 1.54) is 31.8 Å². The summed E-state index contributed by atoms with van der Waals surface area (Å²) in [6, 6.07) is 6.73. The van der Waals surface area contributed by atoms with Crippen molar-refractivity contribution >= 4 is 27.3 Å². The molecule has 9 heteroatoms. The van der Waals surface area contributed by atoms with Crippen LogP contribution in [0.2, 0.25) is 0 Å². The molecule has 0 bridgehead atoms. The van der Waals surface area contributed by atoms with Gasteiger partial charge in [0.2, 0.25) is 0 Å². The van der Waals surface area contributed by atoms with E-state index in [9.17, 15) is 23.1 Å².